The van der Waals surface area contributed by atoms with Gasteiger partial charge in [0.15, 0.2) is 0 Å². The Hall–Kier alpha value is -0.440. The summed E-state index contributed by atoms with van der Waals surface area (Å²) in [6.07, 6.45) is 36.4. The molecule has 0 amide bonds. The van der Waals surface area contributed by atoms with Crippen LogP contribution in [0.15, 0.2) is 0 Å². The van der Waals surface area contributed by atoms with E-state index in [-0.39, 0.29) is 23.8 Å². The van der Waals surface area contributed by atoms with Gasteiger partial charge in [-0.1, -0.05) is 178 Å². The van der Waals surface area contributed by atoms with Crippen LogP contribution in [0.2, 0.25) is 0 Å². The summed E-state index contributed by atoms with van der Waals surface area (Å²) in [5.74, 6) is 4.20. The van der Waals surface area contributed by atoms with E-state index in [4.69, 9.17) is 9.47 Å². The summed E-state index contributed by atoms with van der Waals surface area (Å²) in [4.78, 5) is 31.4. The highest BCUT2D eigenvalue weighted by molar-refractivity contribution is 8.76. The predicted molar refractivity (Wildman–Crippen MR) is 255 cm³/mol. The van der Waals surface area contributed by atoms with Crippen LogP contribution < -0.4 is 0 Å². The molecule has 0 aliphatic carbocycles. The number of hydrogen-bond donors (Lipinski definition) is 0. The van der Waals surface area contributed by atoms with Gasteiger partial charge in [-0.2, -0.15) is 0 Å². The summed E-state index contributed by atoms with van der Waals surface area (Å²) in [6.45, 7) is 17.4. The van der Waals surface area contributed by atoms with Crippen molar-refractivity contribution < 1.29 is 19.1 Å². The van der Waals surface area contributed by atoms with Crippen molar-refractivity contribution in [3.8, 4) is 0 Å². The quantitative estimate of drug-likeness (QED) is 0.0344. The third-order valence-corrected chi connectivity index (χ3v) is 15.7. The molecule has 0 spiro atoms. The fraction of sp³-hybridized carbons (Fsp3) is 0.960. The molecule has 2 unspecified atom stereocenters. The molecule has 8 heteroatoms. The van der Waals surface area contributed by atoms with Gasteiger partial charge in [0.25, 0.3) is 0 Å². The fourth-order valence-corrected chi connectivity index (χ4v) is 11.1. The molecule has 2 saturated heterocycles. The maximum absolute atomic E-state index is 13.1. The minimum Gasteiger partial charge on any atom is -0.465 e. The van der Waals surface area contributed by atoms with Crippen LogP contribution in [-0.2, 0) is 19.1 Å². The molecule has 2 heterocycles. The summed E-state index contributed by atoms with van der Waals surface area (Å²) < 4.78 is 11.8. The SMILES string of the molecule is CCCCCCCCC(CCCCCC)C(=O)OCCC1CCN(CCSSCCN2CCC(CCOC(=O)C(CCCCCC)CCCCCCCC)CC2)CC1. The number of likely N-dealkylation sites (tertiary alicyclic amines) is 2. The van der Waals surface area contributed by atoms with Crippen molar-refractivity contribution in [3.63, 3.8) is 0 Å². The summed E-state index contributed by atoms with van der Waals surface area (Å²) in [7, 11) is 4.10. The Morgan fingerprint density at radius 2 is 0.759 bits per heavy atom. The molecule has 0 bridgehead atoms. The highest BCUT2D eigenvalue weighted by Crippen LogP contribution is 2.27. The summed E-state index contributed by atoms with van der Waals surface area (Å²) >= 11 is 0. The van der Waals surface area contributed by atoms with Gasteiger partial charge in [-0.05, 0) is 102 Å². The van der Waals surface area contributed by atoms with E-state index in [2.05, 4.69) is 37.5 Å². The topological polar surface area (TPSA) is 59.1 Å². The second-order valence-corrected chi connectivity index (χ2v) is 21.0. The number of nitrogens with zero attached hydrogens (tertiary/aromatic N) is 2. The van der Waals surface area contributed by atoms with Crippen molar-refractivity contribution in [1.29, 1.82) is 0 Å². The van der Waals surface area contributed by atoms with Gasteiger partial charge in [-0.25, -0.2) is 0 Å². The number of piperidine rings is 2. The Balaban J connectivity index is 1.49. The molecule has 0 aromatic carbocycles. The zero-order valence-corrected chi connectivity index (χ0v) is 40.6. The second-order valence-electron chi connectivity index (χ2n) is 18.3. The summed E-state index contributed by atoms with van der Waals surface area (Å²) in [5, 5.41) is 0. The molecule has 0 saturated carbocycles. The van der Waals surface area contributed by atoms with E-state index in [1.165, 1.54) is 205 Å². The second kappa shape index (κ2) is 38.3. The van der Waals surface area contributed by atoms with Crippen LogP contribution in [-0.4, -0.2) is 85.7 Å². The first kappa shape index (κ1) is 53.7. The Bertz CT molecular complexity index is 867. The molecule has 58 heavy (non-hydrogen) atoms. The van der Waals surface area contributed by atoms with Gasteiger partial charge in [0.2, 0.25) is 0 Å². The zero-order chi connectivity index (χ0) is 41.7. The van der Waals surface area contributed by atoms with E-state index in [9.17, 15) is 9.59 Å². The third kappa shape index (κ3) is 28.2. The minimum atomic E-state index is 0.0893. The molecule has 2 aliphatic heterocycles. The van der Waals surface area contributed by atoms with Crippen molar-refractivity contribution in [2.24, 2.45) is 23.7 Å². The molecule has 6 nitrogen and oxygen atoms in total. The first-order valence-electron chi connectivity index (χ1n) is 25.5. The molecule has 0 N–H and O–H groups in total. The summed E-state index contributed by atoms with van der Waals surface area (Å²) in [6, 6.07) is 0. The Morgan fingerprint density at radius 1 is 0.466 bits per heavy atom. The van der Waals surface area contributed by atoms with Gasteiger partial charge < -0.3 is 19.3 Å². The minimum absolute atomic E-state index is 0.0893. The lowest BCUT2D eigenvalue weighted by Gasteiger charge is -2.32. The lowest BCUT2D eigenvalue weighted by atomic mass is 9.93. The van der Waals surface area contributed by atoms with Crippen LogP contribution in [0, 0.1) is 23.7 Å². The van der Waals surface area contributed by atoms with Crippen LogP contribution >= 0.6 is 21.6 Å². The normalized spacial score (nSPS) is 17.1. The molecular weight excluding hydrogens is 757 g/mol. The van der Waals surface area contributed by atoms with Crippen LogP contribution in [0.4, 0.5) is 0 Å². The monoisotopic (exact) mass is 853 g/mol. The highest BCUT2D eigenvalue weighted by atomic mass is 33.1. The maximum Gasteiger partial charge on any atom is 0.308 e. The number of ether oxygens (including phenoxy) is 2. The van der Waals surface area contributed by atoms with Gasteiger partial charge in [0, 0.05) is 24.6 Å². The van der Waals surface area contributed by atoms with E-state index in [1.54, 1.807) is 0 Å². The van der Waals surface area contributed by atoms with E-state index in [1.807, 2.05) is 21.6 Å². The lowest BCUT2D eigenvalue weighted by Crippen LogP contribution is -2.36. The number of esters is 2. The van der Waals surface area contributed by atoms with Crippen molar-refractivity contribution in [3.05, 3.63) is 0 Å². The first-order chi connectivity index (χ1) is 28.5. The number of hydrogen-bond acceptors (Lipinski definition) is 8. The van der Waals surface area contributed by atoms with Crippen LogP contribution in [0.1, 0.15) is 220 Å². The van der Waals surface area contributed by atoms with Crippen LogP contribution in [0.5, 0.6) is 0 Å². The van der Waals surface area contributed by atoms with Gasteiger partial charge in [0.1, 0.15) is 0 Å². The average molecular weight is 853 g/mol. The van der Waals surface area contributed by atoms with E-state index >= 15 is 0 Å². The van der Waals surface area contributed by atoms with Crippen molar-refractivity contribution >= 4 is 33.5 Å². The van der Waals surface area contributed by atoms with Crippen molar-refractivity contribution in [2.75, 3.05) is 64.0 Å². The predicted octanol–water partition coefficient (Wildman–Crippen LogP) is 14.3. The molecule has 342 valence electrons. The molecule has 2 fully saturated rings. The smallest absolute Gasteiger partial charge is 0.308 e. The molecule has 0 radical (unpaired) electrons. The van der Waals surface area contributed by atoms with Crippen molar-refractivity contribution in [1.82, 2.24) is 9.80 Å². The number of carbonyl (C=O) groups excluding carboxylic acids is 2. The van der Waals surface area contributed by atoms with Gasteiger partial charge in [-0.3, -0.25) is 9.59 Å². The van der Waals surface area contributed by atoms with Gasteiger partial charge >= 0.3 is 11.9 Å². The van der Waals surface area contributed by atoms with E-state index in [0.29, 0.717) is 25.0 Å². The van der Waals surface area contributed by atoms with Gasteiger partial charge in [0.05, 0.1) is 25.0 Å². The molecular formula is C50H96N2O4S2. The highest BCUT2D eigenvalue weighted by Gasteiger charge is 2.24. The number of rotatable bonds is 39. The Morgan fingerprint density at radius 3 is 1.09 bits per heavy atom. The molecule has 2 aliphatic rings. The average Bonchev–Trinajstić information content (AvgIpc) is 3.24. The Labute approximate surface area is 368 Å². The maximum atomic E-state index is 13.1. The first-order valence-corrected chi connectivity index (χ1v) is 28.0. The number of unbranched alkanes of at least 4 members (excludes halogenated alkanes) is 16. The van der Waals surface area contributed by atoms with Crippen LogP contribution in [0.3, 0.4) is 0 Å². The third-order valence-electron chi connectivity index (χ3n) is 13.3. The molecule has 2 atom stereocenters. The van der Waals surface area contributed by atoms with Gasteiger partial charge in [-0.15, -0.1) is 0 Å². The van der Waals surface area contributed by atoms with Crippen molar-refractivity contribution in [2.45, 2.75) is 220 Å². The summed E-state index contributed by atoms with van der Waals surface area (Å²) in [5.41, 5.74) is 0. The molecule has 0 aromatic heterocycles. The van der Waals surface area contributed by atoms with E-state index in [0.717, 1.165) is 38.5 Å². The van der Waals surface area contributed by atoms with E-state index < -0.39 is 0 Å². The molecule has 2 rings (SSSR count). The Kier molecular flexibility index (Phi) is 35.4. The lowest BCUT2D eigenvalue weighted by molar-refractivity contribution is -0.150. The zero-order valence-electron chi connectivity index (χ0n) is 38.9. The van der Waals surface area contributed by atoms with Crippen LogP contribution in [0.25, 0.3) is 0 Å². The fourth-order valence-electron chi connectivity index (χ4n) is 9.07. The largest absolute Gasteiger partial charge is 0.465 e. The standard InChI is InChI=1S/C50H96N2O4S2/c1-5-9-13-17-19-23-27-47(25-21-15-11-7-3)49(53)55-41-33-45-29-35-51(36-30-45)39-43-57-58-44-40-52-37-31-46(32-38-52)34-42-56-50(54)48(26-22-16-12-8-4)28-24-20-18-14-10-6-2/h45-48H,5-44H2,1-4H3. The number of carbonyl (C=O) groups is 2. The molecule has 0 aromatic rings.